The molecule has 0 aromatic heterocycles. The Labute approximate surface area is 101 Å². The molecule has 0 saturated heterocycles. The molecule has 0 aliphatic rings. The van der Waals surface area contributed by atoms with E-state index in [0.29, 0.717) is 23.3 Å². The van der Waals surface area contributed by atoms with Crippen LogP contribution in [0.15, 0.2) is 18.2 Å². The van der Waals surface area contributed by atoms with Gasteiger partial charge >= 0.3 is 7.12 Å². The summed E-state index contributed by atoms with van der Waals surface area (Å²) in [4.78, 5) is 0. The number of benzene rings is 1. The van der Waals surface area contributed by atoms with Crippen molar-refractivity contribution in [2.24, 2.45) is 0 Å². The van der Waals surface area contributed by atoms with Crippen LogP contribution in [0.1, 0.15) is 19.4 Å². The minimum atomic E-state index is -1.54. The molecule has 17 heavy (non-hydrogen) atoms. The van der Waals surface area contributed by atoms with Gasteiger partial charge < -0.3 is 25.9 Å². The maximum absolute atomic E-state index is 9.60. The highest BCUT2D eigenvalue weighted by atomic mass is 16.4. The fraction of sp³-hybridized carbons (Fsp3) is 0.364. The van der Waals surface area contributed by atoms with Gasteiger partial charge in [0.1, 0.15) is 0 Å². The maximum atomic E-state index is 9.60. The molecule has 0 fully saturated rings. The van der Waals surface area contributed by atoms with Gasteiger partial charge in [0.15, 0.2) is 0 Å². The summed E-state index contributed by atoms with van der Waals surface area (Å²) in [6.07, 6.45) is 1.17. The lowest BCUT2D eigenvalue weighted by molar-refractivity contribution is 0.0945. The lowest BCUT2D eigenvalue weighted by Gasteiger charge is -2.20. The first-order valence-corrected chi connectivity index (χ1v) is 5.30. The smallest absolute Gasteiger partial charge is 0.423 e. The second kappa shape index (κ2) is 5.31. The number of hydrogen-bond donors (Lipinski definition) is 5. The van der Waals surface area contributed by atoms with Gasteiger partial charge in [-0.05, 0) is 25.4 Å². The fourth-order valence-corrected chi connectivity index (χ4v) is 1.32. The minimum Gasteiger partial charge on any atom is -0.423 e. The second-order valence-electron chi connectivity index (χ2n) is 4.53. The zero-order valence-corrected chi connectivity index (χ0v) is 9.94. The molecule has 0 aliphatic heterocycles. The molecule has 1 rings (SSSR count). The van der Waals surface area contributed by atoms with Gasteiger partial charge in [-0.25, -0.2) is 0 Å². The molecule has 0 unspecified atom stereocenters. The van der Waals surface area contributed by atoms with Crippen molar-refractivity contribution in [2.45, 2.75) is 19.4 Å². The molecule has 0 spiro atoms. The first kappa shape index (κ1) is 13.7. The van der Waals surface area contributed by atoms with Gasteiger partial charge in [-0.15, -0.1) is 0 Å². The molecule has 5 N–H and O–H groups in total. The average Bonchev–Trinajstić information content (AvgIpc) is 2.24. The maximum Gasteiger partial charge on any atom is 0.488 e. The van der Waals surface area contributed by atoms with E-state index < -0.39 is 12.7 Å². The van der Waals surface area contributed by atoms with E-state index in [0.717, 1.165) is 0 Å². The van der Waals surface area contributed by atoms with Crippen LogP contribution < -0.4 is 10.8 Å². The molecular formula is C11H17BN2O3. The Bertz CT molecular complexity index is 402. The zero-order valence-electron chi connectivity index (χ0n) is 9.94. The Morgan fingerprint density at radius 2 is 2.06 bits per heavy atom. The second-order valence-corrected chi connectivity index (χ2v) is 4.53. The first-order chi connectivity index (χ1) is 7.83. The Morgan fingerprint density at radius 1 is 1.41 bits per heavy atom. The third-order valence-corrected chi connectivity index (χ3v) is 2.24. The summed E-state index contributed by atoms with van der Waals surface area (Å²) in [5, 5.41) is 37.9. The van der Waals surface area contributed by atoms with Gasteiger partial charge in [-0.1, -0.05) is 12.1 Å². The molecule has 5 nitrogen and oxygen atoms in total. The predicted molar refractivity (Wildman–Crippen MR) is 68.9 cm³/mol. The number of hydrogen-bond acceptors (Lipinski definition) is 5. The van der Waals surface area contributed by atoms with Crippen LogP contribution >= 0.6 is 0 Å². The summed E-state index contributed by atoms with van der Waals surface area (Å²) in [5.41, 5.74) is 0.674. The van der Waals surface area contributed by atoms with E-state index in [1.807, 2.05) is 0 Å². The van der Waals surface area contributed by atoms with Crippen LogP contribution in [0, 0.1) is 5.41 Å². The number of aliphatic hydroxyl groups is 1. The summed E-state index contributed by atoms with van der Waals surface area (Å²) in [7, 11) is -1.54. The van der Waals surface area contributed by atoms with E-state index in [9.17, 15) is 5.11 Å². The third kappa shape index (κ3) is 4.18. The highest BCUT2D eigenvalue weighted by molar-refractivity contribution is 6.58. The summed E-state index contributed by atoms with van der Waals surface area (Å²) >= 11 is 0. The number of rotatable bonds is 5. The largest absolute Gasteiger partial charge is 0.488 e. The van der Waals surface area contributed by atoms with Crippen LogP contribution in [0.5, 0.6) is 0 Å². The number of nitrogens with one attached hydrogen (secondary N) is 2. The average molecular weight is 236 g/mol. The summed E-state index contributed by atoms with van der Waals surface area (Å²) < 4.78 is 0. The van der Waals surface area contributed by atoms with Crippen LogP contribution in [0.2, 0.25) is 0 Å². The summed E-state index contributed by atoms with van der Waals surface area (Å²) in [6, 6.07) is 4.71. The van der Waals surface area contributed by atoms with Gasteiger partial charge in [-0.3, -0.25) is 0 Å². The standard InChI is InChI=1S/C11H17BN2O3/c1-11(2,15)7-14-10-5-9(12(16)17)4-3-8(10)6-13/h3-6,13-17H,7H2,1-2H3. The lowest BCUT2D eigenvalue weighted by Crippen LogP contribution is -2.32. The minimum absolute atomic E-state index is 0.304. The molecule has 0 aliphatic carbocycles. The van der Waals surface area contributed by atoms with Crippen molar-refractivity contribution in [3.05, 3.63) is 23.8 Å². The van der Waals surface area contributed by atoms with Gasteiger partial charge in [-0.2, -0.15) is 0 Å². The molecule has 1 aromatic carbocycles. The topological polar surface area (TPSA) is 96.6 Å². The van der Waals surface area contributed by atoms with Crippen molar-refractivity contribution in [1.29, 1.82) is 5.41 Å². The van der Waals surface area contributed by atoms with E-state index in [-0.39, 0.29) is 0 Å². The molecule has 0 bridgehead atoms. The summed E-state index contributed by atoms with van der Waals surface area (Å²) in [6.45, 7) is 3.63. The van der Waals surface area contributed by atoms with Crippen molar-refractivity contribution in [1.82, 2.24) is 0 Å². The van der Waals surface area contributed by atoms with E-state index in [1.165, 1.54) is 6.21 Å². The van der Waals surface area contributed by atoms with Crippen LogP contribution in [-0.2, 0) is 0 Å². The van der Waals surface area contributed by atoms with Gasteiger partial charge in [0, 0.05) is 24.0 Å². The van der Waals surface area contributed by atoms with Crippen molar-refractivity contribution in [3.8, 4) is 0 Å². The van der Waals surface area contributed by atoms with Gasteiger partial charge in [0.25, 0.3) is 0 Å². The summed E-state index contributed by atoms with van der Waals surface area (Å²) in [5.74, 6) is 0. The third-order valence-electron chi connectivity index (χ3n) is 2.24. The molecule has 92 valence electrons. The van der Waals surface area contributed by atoms with Crippen LogP contribution in [0.3, 0.4) is 0 Å². The predicted octanol–water partition coefficient (Wildman–Crippen LogP) is -0.453. The van der Waals surface area contributed by atoms with Gasteiger partial charge in [0.05, 0.1) is 5.60 Å². The van der Waals surface area contributed by atoms with Crippen LogP contribution in [0.4, 0.5) is 5.69 Å². The fourth-order valence-electron chi connectivity index (χ4n) is 1.32. The van der Waals surface area contributed by atoms with E-state index in [4.69, 9.17) is 15.5 Å². The molecule has 0 atom stereocenters. The molecule has 0 amide bonds. The first-order valence-electron chi connectivity index (χ1n) is 5.30. The SMILES string of the molecule is CC(C)(O)CNc1cc(B(O)O)ccc1C=N. The molecule has 0 saturated carbocycles. The van der Waals surface area contributed by atoms with E-state index in [1.54, 1.807) is 32.0 Å². The van der Waals surface area contributed by atoms with Crippen molar-refractivity contribution in [2.75, 3.05) is 11.9 Å². The van der Waals surface area contributed by atoms with Crippen molar-refractivity contribution in [3.63, 3.8) is 0 Å². The van der Waals surface area contributed by atoms with Crippen LogP contribution in [0.25, 0.3) is 0 Å². The zero-order chi connectivity index (χ0) is 13.1. The normalized spacial score (nSPS) is 11.1. The Morgan fingerprint density at radius 3 is 2.53 bits per heavy atom. The van der Waals surface area contributed by atoms with Crippen molar-refractivity contribution >= 4 is 24.5 Å². The Kier molecular flexibility index (Phi) is 4.28. The van der Waals surface area contributed by atoms with Crippen molar-refractivity contribution < 1.29 is 15.2 Å². The lowest BCUT2D eigenvalue weighted by atomic mass is 9.79. The molecule has 0 radical (unpaired) electrons. The van der Waals surface area contributed by atoms with E-state index in [2.05, 4.69) is 5.32 Å². The molecule has 1 aromatic rings. The van der Waals surface area contributed by atoms with Crippen LogP contribution in [-0.4, -0.2) is 40.6 Å². The quantitative estimate of drug-likeness (QED) is 0.353. The molecule has 6 heteroatoms. The Balaban J connectivity index is 2.94. The molecular weight excluding hydrogens is 219 g/mol. The number of anilines is 1. The monoisotopic (exact) mass is 236 g/mol. The molecule has 0 heterocycles. The highest BCUT2D eigenvalue weighted by Gasteiger charge is 2.15. The van der Waals surface area contributed by atoms with Gasteiger partial charge in [0.2, 0.25) is 0 Å². The Hall–Kier alpha value is -1.37. The van der Waals surface area contributed by atoms with E-state index >= 15 is 0 Å². The highest BCUT2D eigenvalue weighted by Crippen LogP contribution is 2.13.